The lowest BCUT2D eigenvalue weighted by molar-refractivity contribution is -0.0923. The fourth-order valence-corrected chi connectivity index (χ4v) is 4.12. The molecule has 0 spiro atoms. The van der Waals surface area contributed by atoms with Crippen LogP contribution in [-0.4, -0.2) is 27.2 Å². The minimum absolute atomic E-state index is 0.0543. The van der Waals surface area contributed by atoms with Crippen LogP contribution in [0.3, 0.4) is 0 Å². The van der Waals surface area contributed by atoms with Gasteiger partial charge in [0.2, 0.25) is 10.0 Å². The van der Waals surface area contributed by atoms with Gasteiger partial charge in [0.25, 0.3) is 0 Å². The van der Waals surface area contributed by atoms with Gasteiger partial charge in [0.15, 0.2) is 0 Å². The highest BCUT2D eigenvalue weighted by Gasteiger charge is 2.59. The number of rotatable bonds is 3. The molecule has 1 saturated carbocycles. The predicted octanol–water partition coefficient (Wildman–Crippen LogP) is 1.56. The summed E-state index contributed by atoms with van der Waals surface area (Å²) < 4.78 is 28.5. The van der Waals surface area contributed by atoms with Crippen LogP contribution >= 0.6 is 0 Å². The lowest BCUT2D eigenvalue weighted by atomic mass is 9.57. The Morgan fingerprint density at radius 1 is 1.40 bits per heavy atom. The molecule has 110 valence electrons. The maximum Gasteiger partial charge on any atom is 0.238 e. The Balaban J connectivity index is 1.82. The molecule has 1 aliphatic heterocycles. The van der Waals surface area contributed by atoms with E-state index in [9.17, 15) is 8.42 Å². The van der Waals surface area contributed by atoms with E-state index in [0.29, 0.717) is 18.1 Å². The molecule has 3 unspecified atom stereocenters. The molecule has 2 aliphatic rings. The van der Waals surface area contributed by atoms with E-state index in [-0.39, 0.29) is 10.3 Å². The first-order chi connectivity index (χ1) is 9.30. The third kappa shape index (κ3) is 2.12. The number of anilines is 1. The number of primary sulfonamides is 1. The van der Waals surface area contributed by atoms with Crippen molar-refractivity contribution in [3.05, 3.63) is 24.3 Å². The Kier molecular flexibility index (Phi) is 3.08. The zero-order valence-corrected chi connectivity index (χ0v) is 12.5. The lowest BCUT2D eigenvalue weighted by Crippen LogP contribution is -2.63. The Bertz CT molecular complexity index is 627. The molecule has 1 aliphatic carbocycles. The van der Waals surface area contributed by atoms with Gasteiger partial charge >= 0.3 is 0 Å². The van der Waals surface area contributed by atoms with Gasteiger partial charge in [-0.15, -0.1) is 0 Å². The highest BCUT2D eigenvalue weighted by atomic mass is 32.2. The first-order valence-electron chi connectivity index (χ1n) is 6.81. The topological polar surface area (TPSA) is 81.4 Å². The molecule has 6 heteroatoms. The van der Waals surface area contributed by atoms with E-state index in [0.717, 1.165) is 18.7 Å². The van der Waals surface area contributed by atoms with E-state index in [1.165, 1.54) is 6.07 Å². The van der Waals surface area contributed by atoms with Gasteiger partial charge in [-0.3, -0.25) is 0 Å². The smallest absolute Gasteiger partial charge is 0.238 e. The number of hydrogen-bond donors (Lipinski definition) is 2. The summed E-state index contributed by atoms with van der Waals surface area (Å²) in [5.41, 5.74) is 0.846. The SMILES string of the molecule is CC1(C)C(Nc2cccc(S(N)(=O)=O)c2)C2CCOC21. The van der Waals surface area contributed by atoms with Crippen molar-refractivity contribution < 1.29 is 13.2 Å². The molecule has 3 N–H and O–H groups in total. The van der Waals surface area contributed by atoms with E-state index in [1.54, 1.807) is 12.1 Å². The van der Waals surface area contributed by atoms with E-state index < -0.39 is 10.0 Å². The van der Waals surface area contributed by atoms with Gasteiger partial charge in [-0.05, 0) is 24.6 Å². The number of hydrogen-bond acceptors (Lipinski definition) is 4. The van der Waals surface area contributed by atoms with Crippen molar-refractivity contribution in [3.8, 4) is 0 Å². The van der Waals surface area contributed by atoms with Crippen molar-refractivity contribution in [1.82, 2.24) is 0 Å². The minimum atomic E-state index is -3.66. The van der Waals surface area contributed by atoms with E-state index in [2.05, 4.69) is 19.2 Å². The van der Waals surface area contributed by atoms with Gasteiger partial charge in [-0.2, -0.15) is 0 Å². The zero-order valence-electron chi connectivity index (χ0n) is 11.7. The monoisotopic (exact) mass is 296 g/mol. The van der Waals surface area contributed by atoms with Crippen molar-refractivity contribution >= 4 is 15.7 Å². The van der Waals surface area contributed by atoms with Crippen LogP contribution in [0.15, 0.2) is 29.2 Å². The molecule has 5 nitrogen and oxygen atoms in total. The third-order valence-corrected chi connectivity index (χ3v) is 5.50. The Labute approximate surface area is 119 Å². The summed E-state index contributed by atoms with van der Waals surface area (Å²) in [6, 6.07) is 6.97. The lowest BCUT2D eigenvalue weighted by Gasteiger charge is -2.55. The fraction of sp³-hybridized carbons (Fsp3) is 0.571. The quantitative estimate of drug-likeness (QED) is 0.887. The molecule has 0 bridgehead atoms. The number of benzene rings is 1. The molecular weight excluding hydrogens is 276 g/mol. The van der Waals surface area contributed by atoms with Crippen molar-refractivity contribution in [2.24, 2.45) is 16.5 Å². The highest BCUT2D eigenvalue weighted by molar-refractivity contribution is 7.89. The van der Waals surface area contributed by atoms with Gasteiger partial charge in [-0.25, -0.2) is 13.6 Å². The summed E-state index contributed by atoms with van der Waals surface area (Å²) in [6.07, 6.45) is 1.36. The molecule has 0 radical (unpaired) electrons. The van der Waals surface area contributed by atoms with Crippen molar-refractivity contribution in [2.75, 3.05) is 11.9 Å². The zero-order chi connectivity index (χ0) is 14.5. The van der Waals surface area contributed by atoms with Gasteiger partial charge in [-0.1, -0.05) is 19.9 Å². The molecule has 1 saturated heterocycles. The maximum absolute atomic E-state index is 11.4. The normalized spacial score (nSPS) is 31.4. The van der Waals surface area contributed by atoms with Crippen LogP contribution in [0.5, 0.6) is 0 Å². The molecule has 1 aromatic rings. The average Bonchev–Trinajstić information content (AvgIpc) is 2.82. The number of nitrogens with two attached hydrogens (primary N) is 1. The van der Waals surface area contributed by atoms with Crippen LogP contribution in [0.1, 0.15) is 20.3 Å². The Morgan fingerprint density at radius 2 is 2.15 bits per heavy atom. The van der Waals surface area contributed by atoms with E-state index in [4.69, 9.17) is 9.88 Å². The number of nitrogens with one attached hydrogen (secondary N) is 1. The predicted molar refractivity (Wildman–Crippen MR) is 76.9 cm³/mol. The van der Waals surface area contributed by atoms with Crippen LogP contribution in [0.4, 0.5) is 5.69 Å². The second kappa shape index (κ2) is 4.44. The molecule has 3 atom stereocenters. The molecule has 2 fully saturated rings. The maximum atomic E-state index is 11.4. The molecule has 0 amide bonds. The highest BCUT2D eigenvalue weighted by Crippen LogP contribution is 2.53. The van der Waals surface area contributed by atoms with Crippen molar-refractivity contribution in [3.63, 3.8) is 0 Å². The van der Waals surface area contributed by atoms with Gasteiger partial charge < -0.3 is 10.1 Å². The van der Waals surface area contributed by atoms with Gasteiger partial charge in [0.05, 0.1) is 11.0 Å². The van der Waals surface area contributed by atoms with Crippen LogP contribution in [0.25, 0.3) is 0 Å². The second-order valence-corrected chi connectivity index (χ2v) is 7.82. The number of sulfonamides is 1. The molecule has 1 aromatic carbocycles. The van der Waals surface area contributed by atoms with Gasteiger partial charge in [0.1, 0.15) is 0 Å². The van der Waals surface area contributed by atoms with Crippen LogP contribution in [0.2, 0.25) is 0 Å². The van der Waals surface area contributed by atoms with Crippen LogP contribution in [-0.2, 0) is 14.8 Å². The number of ether oxygens (including phenoxy) is 1. The summed E-state index contributed by atoms with van der Waals surface area (Å²) >= 11 is 0. The van der Waals surface area contributed by atoms with Crippen molar-refractivity contribution in [1.29, 1.82) is 0 Å². The average molecular weight is 296 g/mol. The molecule has 3 rings (SSSR count). The summed E-state index contributed by atoms with van der Waals surface area (Å²) in [5.74, 6) is 0.503. The molecule has 1 heterocycles. The molecule has 0 aromatic heterocycles. The van der Waals surface area contributed by atoms with E-state index >= 15 is 0 Å². The summed E-state index contributed by atoms with van der Waals surface area (Å²) in [4.78, 5) is 0.138. The van der Waals surface area contributed by atoms with E-state index in [1.807, 2.05) is 6.07 Å². The van der Waals surface area contributed by atoms with Crippen LogP contribution in [0, 0.1) is 11.3 Å². The Morgan fingerprint density at radius 3 is 2.85 bits per heavy atom. The largest absolute Gasteiger partial charge is 0.381 e. The third-order valence-electron chi connectivity index (χ3n) is 4.59. The standard InChI is InChI=1S/C14H20N2O3S/c1-14(2)12(11-6-7-19-13(11)14)16-9-4-3-5-10(8-9)20(15,17)18/h3-5,8,11-13,16H,6-7H2,1-2H3,(H2,15,17,18). The Hall–Kier alpha value is -1.11. The first kappa shape index (κ1) is 13.9. The van der Waals surface area contributed by atoms with Crippen LogP contribution < -0.4 is 10.5 Å². The molecular formula is C14H20N2O3S. The second-order valence-electron chi connectivity index (χ2n) is 6.26. The fourth-order valence-electron chi connectivity index (χ4n) is 3.56. The first-order valence-corrected chi connectivity index (χ1v) is 8.36. The minimum Gasteiger partial charge on any atom is -0.381 e. The summed E-state index contributed by atoms with van der Waals surface area (Å²) in [7, 11) is -3.66. The number of fused-ring (bicyclic) bond motifs is 1. The summed E-state index contributed by atoms with van der Waals surface area (Å²) in [6.45, 7) is 5.18. The molecule has 20 heavy (non-hydrogen) atoms. The summed E-state index contributed by atoms with van der Waals surface area (Å²) in [5, 5.41) is 8.62. The van der Waals surface area contributed by atoms with Gasteiger partial charge in [0, 0.05) is 29.7 Å². The van der Waals surface area contributed by atoms with Crippen molar-refractivity contribution in [2.45, 2.75) is 37.3 Å².